The molecule has 0 aliphatic rings. The van der Waals surface area contributed by atoms with Crippen LogP contribution in [-0.4, -0.2) is 39.2 Å². The summed E-state index contributed by atoms with van der Waals surface area (Å²) in [5.74, 6) is -1.53. The number of carboxylic acids is 1. The number of rotatable bonds is 7. The van der Waals surface area contributed by atoms with Crippen LogP contribution in [0.4, 0.5) is 0 Å². The van der Waals surface area contributed by atoms with Crippen LogP contribution in [0.25, 0.3) is 10.9 Å². The van der Waals surface area contributed by atoms with Crippen LogP contribution in [0.5, 0.6) is 5.75 Å². The molecule has 6 N–H and O–H groups in total. The smallest absolute Gasteiger partial charge is 0.326 e. The van der Waals surface area contributed by atoms with Crippen LogP contribution >= 0.6 is 0 Å². The molecule has 1 heterocycles. The maximum atomic E-state index is 12.4. The van der Waals surface area contributed by atoms with E-state index >= 15 is 0 Å². The minimum Gasteiger partial charge on any atom is -0.508 e. The van der Waals surface area contributed by atoms with E-state index in [1.807, 2.05) is 18.2 Å². The number of aliphatic carboxylic acids is 1. The molecule has 2 atom stereocenters. The van der Waals surface area contributed by atoms with Crippen LogP contribution in [0.15, 0.2) is 54.7 Å². The van der Waals surface area contributed by atoms with Crippen molar-refractivity contribution in [3.05, 3.63) is 65.9 Å². The maximum absolute atomic E-state index is 12.4. The second-order valence-corrected chi connectivity index (χ2v) is 6.44. The molecule has 0 spiro atoms. The van der Waals surface area contributed by atoms with Gasteiger partial charge in [-0.15, -0.1) is 0 Å². The summed E-state index contributed by atoms with van der Waals surface area (Å²) < 4.78 is 0. The fourth-order valence-electron chi connectivity index (χ4n) is 2.99. The van der Waals surface area contributed by atoms with Gasteiger partial charge in [0.25, 0.3) is 0 Å². The van der Waals surface area contributed by atoms with Gasteiger partial charge in [0.15, 0.2) is 0 Å². The number of fused-ring (bicyclic) bond motifs is 1. The predicted molar refractivity (Wildman–Crippen MR) is 101 cm³/mol. The number of nitrogens with one attached hydrogen (secondary N) is 2. The number of phenolic OH excluding ortho intramolecular Hbond substituents is 1. The average Bonchev–Trinajstić information content (AvgIpc) is 3.03. The number of carbonyl (C=O) groups excluding carboxylic acids is 1. The number of aromatic nitrogens is 1. The molecule has 2 aromatic carbocycles. The summed E-state index contributed by atoms with van der Waals surface area (Å²) in [4.78, 5) is 27.0. The van der Waals surface area contributed by atoms with E-state index in [9.17, 15) is 19.8 Å². The summed E-state index contributed by atoms with van der Waals surface area (Å²) in [5.41, 5.74) is 8.41. The van der Waals surface area contributed by atoms with E-state index in [1.54, 1.807) is 36.5 Å². The number of H-pyrrole nitrogens is 1. The minimum atomic E-state index is -1.11. The molecule has 0 aliphatic carbocycles. The van der Waals surface area contributed by atoms with Gasteiger partial charge in [0.1, 0.15) is 11.8 Å². The Kier molecular flexibility index (Phi) is 5.42. The SMILES string of the molecule is N[C@@H](Cc1c[nH]c2ccc(O)cc12)C(=O)N[C@@H](Cc1ccccc1)C(=O)O. The largest absolute Gasteiger partial charge is 0.508 e. The Bertz CT molecular complexity index is 952. The molecule has 0 fully saturated rings. The van der Waals surface area contributed by atoms with Gasteiger partial charge in [0.2, 0.25) is 5.91 Å². The summed E-state index contributed by atoms with van der Waals surface area (Å²) in [6.07, 6.45) is 2.12. The molecule has 3 aromatic rings. The van der Waals surface area contributed by atoms with E-state index in [4.69, 9.17) is 5.73 Å². The lowest BCUT2D eigenvalue weighted by atomic mass is 10.0. The van der Waals surface area contributed by atoms with Gasteiger partial charge in [0.05, 0.1) is 6.04 Å². The summed E-state index contributed by atoms with van der Waals surface area (Å²) >= 11 is 0. The molecule has 140 valence electrons. The summed E-state index contributed by atoms with van der Waals surface area (Å²) in [7, 11) is 0. The van der Waals surface area contributed by atoms with Gasteiger partial charge in [-0.2, -0.15) is 0 Å². The van der Waals surface area contributed by atoms with Crippen molar-refractivity contribution in [2.45, 2.75) is 24.9 Å². The van der Waals surface area contributed by atoms with Gasteiger partial charge in [-0.25, -0.2) is 4.79 Å². The van der Waals surface area contributed by atoms with Crippen LogP contribution in [0.2, 0.25) is 0 Å². The van der Waals surface area contributed by atoms with E-state index in [1.165, 1.54) is 0 Å². The van der Waals surface area contributed by atoms with Crippen molar-refractivity contribution in [2.24, 2.45) is 5.73 Å². The number of amides is 1. The number of benzene rings is 2. The summed E-state index contributed by atoms with van der Waals surface area (Å²) in [5, 5.41) is 22.3. The zero-order chi connectivity index (χ0) is 19.4. The van der Waals surface area contributed by atoms with Gasteiger partial charge in [0, 0.05) is 23.5 Å². The van der Waals surface area contributed by atoms with Crippen molar-refractivity contribution in [3.63, 3.8) is 0 Å². The fraction of sp³-hybridized carbons (Fsp3) is 0.200. The first kappa shape index (κ1) is 18.5. The number of hydrogen-bond donors (Lipinski definition) is 5. The highest BCUT2D eigenvalue weighted by Crippen LogP contribution is 2.23. The first-order valence-electron chi connectivity index (χ1n) is 8.55. The van der Waals surface area contributed by atoms with E-state index < -0.39 is 24.0 Å². The Labute approximate surface area is 155 Å². The van der Waals surface area contributed by atoms with Gasteiger partial charge in [-0.05, 0) is 35.7 Å². The first-order valence-corrected chi connectivity index (χ1v) is 8.55. The monoisotopic (exact) mass is 367 g/mol. The third-order valence-electron chi connectivity index (χ3n) is 4.42. The quantitative estimate of drug-likeness (QED) is 0.433. The highest BCUT2D eigenvalue weighted by atomic mass is 16.4. The fourth-order valence-corrected chi connectivity index (χ4v) is 2.99. The lowest BCUT2D eigenvalue weighted by Crippen LogP contribution is -2.50. The molecule has 0 bridgehead atoms. The number of carbonyl (C=O) groups is 2. The number of hydrogen-bond acceptors (Lipinski definition) is 4. The van der Waals surface area contributed by atoms with Crippen molar-refractivity contribution in [1.29, 1.82) is 0 Å². The van der Waals surface area contributed by atoms with Crippen molar-refractivity contribution < 1.29 is 19.8 Å². The van der Waals surface area contributed by atoms with E-state index in [2.05, 4.69) is 10.3 Å². The van der Waals surface area contributed by atoms with Gasteiger partial charge >= 0.3 is 5.97 Å². The number of phenols is 1. The zero-order valence-electron chi connectivity index (χ0n) is 14.6. The second-order valence-electron chi connectivity index (χ2n) is 6.44. The molecular weight excluding hydrogens is 346 g/mol. The molecule has 0 aliphatic heterocycles. The molecular formula is C20H21N3O4. The van der Waals surface area contributed by atoms with Crippen molar-refractivity contribution in [2.75, 3.05) is 0 Å². The second kappa shape index (κ2) is 7.92. The Morgan fingerprint density at radius 2 is 1.85 bits per heavy atom. The van der Waals surface area contributed by atoms with Crippen LogP contribution < -0.4 is 11.1 Å². The molecule has 0 radical (unpaired) electrons. The Hall–Kier alpha value is -3.32. The Morgan fingerprint density at radius 3 is 2.56 bits per heavy atom. The Morgan fingerprint density at radius 1 is 1.11 bits per heavy atom. The average molecular weight is 367 g/mol. The Balaban J connectivity index is 1.68. The van der Waals surface area contributed by atoms with E-state index in [-0.39, 0.29) is 18.6 Å². The molecule has 7 heteroatoms. The zero-order valence-corrected chi connectivity index (χ0v) is 14.6. The van der Waals surface area contributed by atoms with Crippen LogP contribution in [0.3, 0.4) is 0 Å². The number of aromatic amines is 1. The standard InChI is InChI=1S/C20H21N3O4/c21-16(9-13-11-22-17-7-6-14(24)10-15(13)17)19(25)23-18(20(26)27)8-12-4-2-1-3-5-12/h1-7,10-11,16,18,22,24H,8-9,21H2,(H,23,25)(H,26,27)/t16-,18-/m0/s1. The highest BCUT2D eigenvalue weighted by Gasteiger charge is 2.24. The molecule has 0 saturated carbocycles. The normalized spacial score (nSPS) is 13.2. The lowest BCUT2D eigenvalue weighted by Gasteiger charge is -2.18. The summed E-state index contributed by atoms with van der Waals surface area (Å²) in [6.45, 7) is 0. The lowest BCUT2D eigenvalue weighted by molar-refractivity contribution is -0.141. The molecule has 7 nitrogen and oxygen atoms in total. The molecule has 3 rings (SSSR count). The first-order chi connectivity index (χ1) is 12.9. The maximum Gasteiger partial charge on any atom is 0.326 e. The minimum absolute atomic E-state index is 0.121. The van der Waals surface area contributed by atoms with Crippen LogP contribution in [0.1, 0.15) is 11.1 Å². The van der Waals surface area contributed by atoms with Crippen molar-refractivity contribution in [1.82, 2.24) is 10.3 Å². The van der Waals surface area contributed by atoms with Crippen LogP contribution in [-0.2, 0) is 22.4 Å². The number of nitrogens with two attached hydrogens (primary N) is 1. The predicted octanol–water partition coefficient (Wildman–Crippen LogP) is 1.56. The third-order valence-corrected chi connectivity index (χ3v) is 4.42. The third kappa shape index (κ3) is 4.45. The molecule has 0 unspecified atom stereocenters. The molecule has 0 saturated heterocycles. The molecule has 1 aromatic heterocycles. The van der Waals surface area contributed by atoms with Crippen LogP contribution in [0, 0.1) is 0 Å². The molecule has 1 amide bonds. The van der Waals surface area contributed by atoms with E-state index in [0.29, 0.717) is 0 Å². The highest BCUT2D eigenvalue weighted by molar-refractivity contribution is 5.89. The van der Waals surface area contributed by atoms with Gasteiger partial charge in [-0.1, -0.05) is 30.3 Å². The van der Waals surface area contributed by atoms with Crippen molar-refractivity contribution in [3.8, 4) is 5.75 Å². The number of carboxylic acid groups (broad SMARTS) is 1. The van der Waals surface area contributed by atoms with Gasteiger partial charge in [-0.3, -0.25) is 4.79 Å². The molecule has 27 heavy (non-hydrogen) atoms. The van der Waals surface area contributed by atoms with Crippen molar-refractivity contribution >= 4 is 22.8 Å². The van der Waals surface area contributed by atoms with Gasteiger partial charge < -0.3 is 26.2 Å². The summed E-state index contributed by atoms with van der Waals surface area (Å²) in [6, 6.07) is 12.0. The number of aromatic hydroxyl groups is 1. The van der Waals surface area contributed by atoms with E-state index in [0.717, 1.165) is 22.0 Å². The topological polar surface area (TPSA) is 128 Å².